The third kappa shape index (κ3) is 1.56. The van der Waals surface area contributed by atoms with Gasteiger partial charge >= 0.3 is 0 Å². The smallest absolute Gasteiger partial charge is 0.261 e. The molecule has 0 fully saturated rings. The van der Waals surface area contributed by atoms with E-state index < -0.39 is 6.43 Å². The molecule has 0 aliphatic carbocycles. The van der Waals surface area contributed by atoms with Gasteiger partial charge in [-0.1, -0.05) is 6.08 Å². The molecular weight excluding hydrogens is 136 g/mol. The first-order valence-electron chi connectivity index (χ1n) is 3.09. The molecule has 1 aliphatic rings. The fourth-order valence-electron chi connectivity index (χ4n) is 0.741. The predicted octanol–water partition coefficient (Wildman–Crippen LogP) is 1.68. The first-order valence-corrected chi connectivity index (χ1v) is 3.09. The topological polar surface area (TPSA) is 12.0 Å². The number of halogens is 2. The van der Waals surface area contributed by atoms with Crippen LogP contribution >= 0.6 is 0 Å². The highest BCUT2D eigenvalue weighted by molar-refractivity contribution is 5.23. The van der Waals surface area contributed by atoms with Gasteiger partial charge in [-0.25, -0.2) is 8.78 Å². The third-order valence-electron chi connectivity index (χ3n) is 1.40. The maximum absolute atomic E-state index is 11.9. The molecule has 0 aromatic heterocycles. The van der Waals surface area contributed by atoms with Gasteiger partial charge in [-0.3, -0.25) is 0 Å². The minimum atomic E-state index is -2.32. The Morgan fingerprint density at radius 3 is 2.60 bits per heavy atom. The molecule has 0 radical (unpaired) electrons. The monoisotopic (exact) mass is 145 g/mol. The molecule has 1 heterocycles. The molecule has 0 aromatic carbocycles. The summed E-state index contributed by atoms with van der Waals surface area (Å²) in [5, 5.41) is 2.83. The van der Waals surface area contributed by atoms with Crippen molar-refractivity contribution in [3.63, 3.8) is 0 Å². The van der Waals surface area contributed by atoms with Gasteiger partial charge in [-0.05, 0) is 13.0 Å². The van der Waals surface area contributed by atoms with Gasteiger partial charge in [0.15, 0.2) is 0 Å². The van der Waals surface area contributed by atoms with Crippen LogP contribution in [0.25, 0.3) is 0 Å². The molecule has 1 nitrogen and oxygen atoms in total. The Bertz CT molecular complexity index is 182. The van der Waals surface area contributed by atoms with Crippen LogP contribution < -0.4 is 5.32 Å². The fraction of sp³-hybridized carbons (Fsp3) is 0.429. The van der Waals surface area contributed by atoms with Gasteiger partial charge in [0, 0.05) is 17.8 Å². The summed E-state index contributed by atoms with van der Waals surface area (Å²) in [5.41, 5.74) is 1.09. The van der Waals surface area contributed by atoms with Crippen molar-refractivity contribution in [1.82, 2.24) is 5.32 Å². The Morgan fingerprint density at radius 1 is 1.50 bits per heavy atom. The molecule has 0 unspecified atom stereocenters. The van der Waals surface area contributed by atoms with Crippen LogP contribution in [0, 0.1) is 0 Å². The van der Waals surface area contributed by atoms with Crippen molar-refractivity contribution in [2.75, 3.05) is 6.54 Å². The Hall–Kier alpha value is -0.860. The van der Waals surface area contributed by atoms with E-state index >= 15 is 0 Å². The van der Waals surface area contributed by atoms with E-state index in [0.717, 1.165) is 5.70 Å². The van der Waals surface area contributed by atoms with Gasteiger partial charge in [0.05, 0.1) is 0 Å². The lowest BCUT2D eigenvalue weighted by atomic mass is 10.2. The lowest BCUT2D eigenvalue weighted by molar-refractivity contribution is 0.186. The van der Waals surface area contributed by atoms with Crippen molar-refractivity contribution in [2.45, 2.75) is 13.3 Å². The first kappa shape index (κ1) is 7.25. The molecule has 0 atom stereocenters. The molecular formula is C7H9F2N. The van der Waals surface area contributed by atoms with E-state index in [1.807, 2.05) is 6.92 Å². The van der Waals surface area contributed by atoms with Crippen LogP contribution in [0.4, 0.5) is 8.78 Å². The lowest BCUT2D eigenvalue weighted by Gasteiger charge is -2.13. The van der Waals surface area contributed by atoms with E-state index in [4.69, 9.17) is 0 Å². The first-order chi connectivity index (χ1) is 4.70. The van der Waals surface area contributed by atoms with E-state index in [2.05, 4.69) is 5.32 Å². The van der Waals surface area contributed by atoms with Crippen LogP contribution in [0.15, 0.2) is 23.4 Å². The molecule has 0 aromatic rings. The fourth-order valence-corrected chi connectivity index (χ4v) is 0.741. The van der Waals surface area contributed by atoms with Crippen LogP contribution in [0.1, 0.15) is 6.92 Å². The molecule has 0 bridgehead atoms. The zero-order chi connectivity index (χ0) is 7.56. The summed E-state index contributed by atoms with van der Waals surface area (Å²) < 4.78 is 23.8. The van der Waals surface area contributed by atoms with E-state index in [1.165, 1.54) is 6.08 Å². The number of rotatable bonds is 1. The summed E-state index contributed by atoms with van der Waals surface area (Å²) >= 11 is 0. The van der Waals surface area contributed by atoms with Crippen molar-refractivity contribution in [3.8, 4) is 0 Å². The normalized spacial score (nSPS) is 18.0. The average Bonchev–Trinajstić information content (AvgIpc) is 1.88. The van der Waals surface area contributed by atoms with Crippen LogP contribution in [0.3, 0.4) is 0 Å². The summed E-state index contributed by atoms with van der Waals surface area (Å²) in [5.74, 6) is 0. The van der Waals surface area contributed by atoms with Gasteiger partial charge < -0.3 is 5.32 Å². The number of dihydropyridines is 1. The molecule has 0 saturated heterocycles. The van der Waals surface area contributed by atoms with Crippen molar-refractivity contribution in [3.05, 3.63) is 23.4 Å². The van der Waals surface area contributed by atoms with Crippen LogP contribution in [-0.2, 0) is 0 Å². The highest BCUT2D eigenvalue weighted by Crippen LogP contribution is 2.11. The highest BCUT2D eigenvalue weighted by Gasteiger charge is 2.11. The van der Waals surface area contributed by atoms with E-state index in [0.29, 0.717) is 0 Å². The standard InChI is InChI=1S/C7H9F2N/c1-5-2-3-6(4-10-5)7(8)9/h2-3,7,10H,4H2,1H3. The van der Waals surface area contributed by atoms with Crippen molar-refractivity contribution >= 4 is 0 Å². The van der Waals surface area contributed by atoms with Gasteiger partial charge in [-0.15, -0.1) is 0 Å². The van der Waals surface area contributed by atoms with Gasteiger partial charge in [0.1, 0.15) is 0 Å². The molecule has 56 valence electrons. The Morgan fingerprint density at radius 2 is 2.20 bits per heavy atom. The van der Waals surface area contributed by atoms with Crippen LogP contribution in [0.2, 0.25) is 0 Å². The van der Waals surface area contributed by atoms with Gasteiger partial charge in [0.25, 0.3) is 6.43 Å². The minimum Gasteiger partial charge on any atom is -0.385 e. The third-order valence-corrected chi connectivity index (χ3v) is 1.40. The van der Waals surface area contributed by atoms with Crippen LogP contribution in [-0.4, -0.2) is 13.0 Å². The lowest BCUT2D eigenvalue weighted by Crippen LogP contribution is -2.21. The predicted molar refractivity (Wildman–Crippen MR) is 35.8 cm³/mol. The number of hydrogen-bond donors (Lipinski definition) is 1. The molecule has 0 amide bonds. The van der Waals surface area contributed by atoms with Crippen LogP contribution in [0.5, 0.6) is 0 Å². The molecule has 0 spiro atoms. The maximum Gasteiger partial charge on any atom is 0.261 e. The number of hydrogen-bond acceptors (Lipinski definition) is 1. The second-order valence-corrected chi connectivity index (χ2v) is 2.25. The Balaban J connectivity index is 2.64. The molecule has 3 heteroatoms. The summed E-state index contributed by atoms with van der Waals surface area (Å²) in [4.78, 5) is 0. The Kier molecular flexibility index (Phi) is 2.04. The van der Waals surface area contributed by atoms with Crippen molar-refractivity contribution in [1.29, 1.82) is 0 Å². The van der Waals surface area contributed by atoms with E-state index in [-0.39, 0.29) is 12.1 Å². The van der Waals surface area contributed by atoms with Crippen molar-refractivity contribution < 1.29 is 8.78 Å². The molecule has 1 N–H and O–H groups in total. The number of nitrogens with one attached hydrogen (secondary N) is 1. The number of alkyl halides is 2. The van der Waals surface area contributed by atoms with Crippen molar-refractivity contribution in [2.24, 2.45) is 0 Å². The molecule has 0 saturated carbocycles. The molecule has 1 aliphatic heterocycles. The number of allylic oxidation sites excluding steroid dienone is 3. The summed E-state index contributed by atoms with van der Waals surface area (Å²) in [6.45, 7) is 2.12. The molecule has 10 heavy (non-hydrogen) atoms. The zero-order valence-corrected chi connectivity index (χ0v) is 5.70. The summed E-state index contributed by atoms with van der Waals surface area (Å²) in [6, 6.07) is 0. The molecule has 1 rings (SSSR count). The van der Waals surface area contributed by atoms with Gasteiger partial charge in [-0.2, -0.15) is 0 Å². The van der Waals surface area contributed by atoms with E-state index in [9.17, 15) is 8.78 Å². The SMILES string of the molecule is CC1=CC=C(C(F)F)CN1. The zero-order valence-electron chi connectivity index (χ0n) is 5.70. The largest absolute Gasteiger partial charge is 0.385 e. The van der Waals surface area contributed by atoms with Gasteiger partial charge in [0.2, 0.25) is 0 Å². The second-order valence-electron chi connectivity index (χ2n) is 2.25. The highest BCUT2D eigenvalue weighted by atomic mass is 19.3. The maximum atomic E-state index is 11.9. The average molecular weight is 145 g/mol. The quantitative estimate of drug-likeness (QED) is 0.592. The van der Waals surface area contributed by atoms with E-state index in [1.54, 1.807) is 6.08 Å². The Labute approximate surface area is 58.4 Å². The summed E-state index contributed by atoms with van der Waals surface area (Å²) in [6.07, 6.45) is 0.804. The summed E-state index contributed by atoms with van der Waals surface area (Å²) in [7, 11) is 0. The minimum absolute atomic E-state index is 0.158. The second kappa shape index (κ2) is 2.82.